The predicted molar refractivity (Wildman–Crippen MR) is 201 cm³/mol. The molecule has 2 aromatic heterocycles. The lowest BCUT2D eigenvalue weighted by Crippen LogP contribution is -2.68. The first-order valence-corrected chi connectivity index (χ1v) is 21.6. The zero-order chi connectivity index (χ0) is 41.9. The minimum Gasteiger partial charge on any atom is -0.493 e. The number of hydrogen-bond acceptors (Lipinski definition) is 9. The summed E-state index contributed by atoms with van der Waals surface area (Å²) in [7, 11) is -3.64. The van der Waals surface area contributed by atoms with E-state index in [1.54, 1.807) is 24.0 Å². The van der Waals surface area contributed by atoms with Gasteiger partial charge >= 0.3 is 12.4 Å². The lowest BCUT2D eigenvalue weighted by Gasteiger charge is -2.50. The molecule has 6 rings (SSSR count). The molecule has 2 aliphatic heterocycles. The van der Waals surface area contributed by atoms with Gasteiger partial charge in [-0.3, -0.25) is 24.1 Å². The molecule has 0 radical (unpaired) electrons. The minimum absolute atomic E-state index is 0.00698. The van der Waals surface area contributed by atoms with Gasteiger partial charge in [0.25, 0.3) is 11.8 Å². The summed E-state index contributed by atoms with van der Waals surface area (Å²) in [5.41, 5.74) is -3.17. The Balaban J connectivity index is 1.21. The number of hydrogen-bond donors (Lipinski definition) is 1. The average molecular weight is 859 g/mol. The molecule has 0 unspecified atom stereocenters. The van der Waals surface area contributed by atoms with Crippen LogP contribution in [0.4, 0.5) is 26.3 Å². The number of amides is 3. The number of sulfonamides is 1. The van der Waals surface area contributed by atoms with Gasteiger partial charge in [0.15, 0.2) is 0 Å². The van der Waals surface area contributed by atoms with E-state index in [-0.39, 0.29) is 70.0 Å². The van der Waals surface area contributed by atoms with E-state index in [9.17, 15) is 49.1 Å². The lowest BCUT2D eigenvalue weighted by atomic mass is 9.79. The third-order valence-electron chi connectivity index (χ3n) is 10.7. The largest absolute Gasteiger partial charge is 0.493 e. The van der Waals surface area contributed by atoms with Crippen LogP contribution >= 0.6 is 11.3 Å². The zero-order valence-electron chi connectivity index (χ0n) is 31.6. The van der Waals surface area contributed by atoms with Gasteiger partial charge < -0.3 is 19.3 Å². The molecule has 1 aliphatic carbocycles. The summed E-state index contributed by atoms with van der Waals surface area (Å²) in [5, 5.41) is 0.617. The second kappa shape index (κ2) is 17.5. The number of nitrogens with zero attached hydrogens (tertiary/aromatic N) is 3. The number of benzene rings is 1. The molecule has 58 heavy (non-hydrogen) atoms. The highest BCUT2D eigenvalue weighted by molar-refractivity contribution is 7.90. The lowest BCUT2D eigenvalue weighted by molar-refractivity contribution is -0.160. The quantitative estimate of drug-likeness (QED) is 0.130. The van der Waals surface area contributed by atoms with Gasteiger partial charge in [-0.05, 0) is 74.6 Å². The van der Waals surface area contributed by atoms with Crippen LogP contribution in [0, 0.1) is 0 Å². The number of carbonyl (C=O) groups is 3. The van der Waals surface area contributed by atoms with Crippen LogP contribution in [0.1, 0.15) is 104 Å². The number of aromatic nitrogens is 1. The van der Waals surface area contributed by atoms with Crippen molar-refractivity contribution >= 4 is 39.1 Å². The maximum atomic E-state index is 14.9. The van der Waals surface area contributed by atoms with Gasteiger partial charge in [0, 0.05) is 50.1 Å². The number of piperidine rings is 2. The van der Waals surface area contributed by atoms with Crippen LogP contribution in [0.15, 0.2) is 54.0 Å². The number of halogens is 6. The Hall–Kier alpha value is -4.39. The average Bonchev–Trinajstić information content (AvgIpc) is 3.95. The second-order valence-electron chi connectivity index (χ2n) is 14.8. The van der Waals surface area contributed by atoms with Crippen LogP contribution in [0.2, 0.25) is 0 Å². The number of alkyl halides is 6. The van der Waals surface area contributed by atoms with Crippen molar-refractivity contribution in [1.29, 1.82) is 0 Å². The summed E-state index contributed by atoms with van der Waals surface area (Å²) < 4.78 is 122. The normalized spacial score (nSPS) is 20.8. The van der Waals surface area contributed by atoms with E-state index in [0.717, 1.165) is 40.2 Å². The Bertz CT molecular complexity index is 2070. The van der Waals surface area contributed by atoms with Crippen molar-refractivity contribution in [3.63, 3.8) is 0 Å². The first-order chi connectivity index (χ1) is 27.4. The SMILES string of the molecule is CCC[C@H]1N(C(=O)c2ncccc2C(F)(F)F)CCC[C@@]1(Oc1csc(C(F)(F)F)c1)C(=O)N1CCC(c2ccccc2OCCCC(=O)NS(=O)(=O)C2CC2)CC1. The Morgan fingerprint density at radius 2 is 1.71 bits per heavy atom. The van der Waals surface area contributed by atoms with Gasteiger partial charge in [-0.2, -0.15) is 26.3 Å². The molecule has 2 saturated heterocycles. The van der Waals surface area contributed by atoms with Gasteiger partial charge in [0.2, 0.25) is 21.5 Å². The van der Waals surface area contributed by atoms with Gasteiger partial charge in [-0.25, -0.2) is 8.42 Å². The molecule has 3 amide bonds. The van der Waals surface area contributed by atoms with Crippen molar-refractivity contribution in [2.45, 2.75) is 106 Å². The fourth-order valence-electron chi connectivity index (χ4n) is 7.77. The van der Waals surface area contributed by atoms with Crippen LogP contribution < -0.4 is 14.2 Å². The smallest absolute Gasteiger partial charge is 0.425 e. The number of likely N-dealkylation sites (tertiary alicyclic amines) is 2. The number of nitrogens with one attached hydrogen (secondary N) is 1. The molecule has 3 aliphatic rings. The molecule has 4 heterocycles. The Morgan fingerprint density at radius 1 is 0.983 bits per heavy atom. The highest BCUT2D eigenvalue weighted by atomic mass is 32.2. The molecule has 1 N–H and O–H groups in total. The Morgan fingerprint density at radius 3 is 2.36 bits per heavy atom. The maximum absolute atomic E-state index is 14.9. The van der Waals surface area contributed by atoms with E-state index in [4.69, 9.17) is 9.47 Å². The molecule has 316 valence electrons. The molecule has 0 spiro atoms. The van der Waals surface area contributed by atoms with Crippen molar-refractivity contribution in [2.24, 2.45) is 0 Å². The number of ether oxygens (including phenoxy) is 2. The number of pyridine rings is 1. The Kier molecular flexibility index (Phi) is 13.0. The number of carbonyl (C=O) groups excluding carboxylic acids is 3. The molecular weight excluding hydrogens is 815 g/mol. The molecule has 11 nitrogen and oxygen atoms in total. The van der Waals surface area contributed by atoms with E-state index in [0.29, 0.717) is 49.2 Å². The Labute approximate surface area is 336 Å². The van der Waals surface area contributed by atoms with Crippen molar-refractivity contribution in [3.8, 4) is 11.5 Å². The van der Waals surface area contributed by atoms with E-state index >= 15 is 0 Å². The third kappa shape index (κ3) is 9.72. The fourth-order valence-corrected chi connectivity index (χ4v) is 9.79. The number of para-hydroxylation sites is 1. The van der Waals surface area contributed by atoms with E-state index in [1.165, 1.54) is 0 Å². The topological polar surface area (TPSA) is 135 Å². The standard InChI is InChI=1S/C39H44F6N4O7S2/c1-2-8-31-37(56-26-23-32(57-24-26)39(43,44)45,17-7-19-49(31)35(51)34-29(38(40,41)42)10-5-18-46-34)36(52)48-20-15-25(16-21-48)28-9-3-4-11-30(28)55-22-6-12-33(50)47-58(53,54)27-13-14-27/h3-5,9-11,18,23-25,27,31H,2,6-8,12-17,19-22H2,1H3,(H,47,50)/t31-,37+/m1/s1. The summed E-state index contributed by atoms with van der Waals surface area (Å²) in [5.74, 6) is -2.00. The van der Waals surface area contributed by atoms with Crippen molar-refractivity contribution in [3.05, 3.63) is 75.7 Å². The monoisotopic (exact) mass is 858 g/mol. The van der Waals surface area contributed by atoms with Gasteiger partial charge in [0.05, 0.1) is 23.5 Å². The molecule has 0 bridgehead atoms. The summed E-state index contributed by atoms with van der Waals surface area (Å²) in [6.07, 6.45) is -5.78. The van der Waals surface area contributed by atoms with Gasteiger partial charge in [-0.1, -0.05) is 31.5 Å². The van der Waals surface area contributed by atoms with Crippen molar-refractivity contribution in [2.75, 3.05) is 26.2 Å². The summed E-state index contributed by atoms with van der Waals surface area (Å²) in [4.78, 5) is 46.7. The minimum atomic E-state index is -4.91. The van der Waals surface area contributed by atoms with Crippen LogP contribution in [-0.2, 0) is 32.0 Å². The molecule has 3 fully saturated rings. The molecule has 1 saturated carbocycles. The first-order valence-electron chi connectivity index (χ1n) is 19.2. The second-order valence-corrected chi connectivity index (χ2v) is 17.6. The van der Waals surface area contributed by atoms with Gasteiger partial charge in [0.1, 0.15) is 22.1 Å². The number of thiophene rings is 1. The first kappa shape index (κ1) is 43.2. The summed E-state index contributed by atoms with van der Waals surface area (Å²) >= 11 is 0.381. The molecule has 2 atom stereocenters. The van der Waals surface area contributed by atoms with E-state index < -0.39 is 73.1 Å². The highest BCUT2D eigenvalue weighted by Crippen LogP contribution is 2.44. The third-order valence-corrected chi connectivity index (χ3v) is 13.5. The van der Waals surface area contributed by atoms with Crippen molar-refractivity contribution < 1.29 is 58.6 Å². The molecule has 1 aromatic carbocycles. The zero-order valence-corrected chi connectivity index (χ0v) is 33.2. The van der Waals surface area contributed by atoms with Gasteiger partial charge in [-0.15, -0.1) is 11.3 Å². The maximum Gasteiger partial charge on any atom is 0.425 e. The van der Waals surface area contributed by atoms with E-state index in [2.05, 4.69) is 9.71 Å². The van der Waals surface area contributed by atoms with Crippen LogP contribution in [0.3, 0.4) is 0 Å². The van der Waals surface area contributed by atoms with Crippen LogP contribution in [0.25, 0.3) is 0 Å². The van der Waals surface area contributed by atoms with Crippen LogP contribution in [0.5, 0.6) is 11.5 Å². The number of rotatable bonds is 14. The molecule has 3 aromatic rings. The highest BCUT2D eigenvalue weighted by Gasteiger charge is 2.56. The van der Waals surface area contributed by atoms with Crippen molar-refractivity contribution in [1.82, 2.24) is 19.5 Å². The van der Waals surface area contributed by atoms with E-state index in [1.807, 2.05) is 12.1 Å². The fraction of sp³-hybridized carbons (Fsp3) is 0.538. The summed E-state index contributed by atoms with van der Waals surface area (Å²) in [6, 6.07) is 8.74. The molecular formula is C39H44F6N4O7S2. The molecule has 19 heteroatoms. The summed E-state index contributed by atoms with van der Waals surface area (Å²) in [6.45, 7) is 2.26. The van der Waals surface area contributed by atoms with Crippen LogP contribution in [-0.4, -0.2) is 84.1 Å². The predicted octanol–water partition coefficient (Wildman–Crippen LogP) is 7.58.